The summed E-state index contributed by atoms with van der Waals surface area (Å²) in [7, 11) is 0. The number of fused-ring (bicyclic) bond motifs is 1. The Morgan fingerprint density at radius 1 is 1.33 bits per heavy atom. The van der Waals surface area contributed by atoms with Gasteiger partial charge in [-0.25, -0.2) is 0 Å². The van der Waals surface area contributed by atoms with Crippen molar-refractivity contribution in [1.82, 2.24) is 9.80 Å². The van der Waals surface area contributed by atoms with Crippen LogP contribution in [0.4, 0.5) is 0 Å². The van der Waals surface area contributed by atoms with Gasteiger partial charge in [0.05, 0.1) is 6.07 Å². The number of carbonyl (C=O) groups excluding carboxylic acids is 1. The second-order valence-electron chi connectivity index (χ2n) is 6.19. The van der Waals surface area contributed by atoms with Gasteiger partial charge in [-0.05, 0) is 40.2 Å². The summed E-state index contributed by atoms with van der Waals surface area (Å²) >= 11 is 0. The minimum Gasteiger partial charge on any atom is -0.336 e. The van der Waals surface area contributed by atoms with Gasteiger partial charge in [0.1, 0.15) is 5.41 Å². The van der Waals surface area contributed by atoms with E-state index in [1.807, 2.05) is 4.90 Å². The maximum Gasteiger partial charge on any atom is 0.242 e. The molecule has 0 radical (unpaired) electrons. The van der Waals surface area contributed by atoms with Gasteiger partial charge < -0.3 is 4.90 Å². The second kappa shape index (κ2) is 4.89. The van der Waals surface area contributed by atoms with Crippen molar-refractivity contribution in [3.05, 3.63) is 0 Å². The molecular weight excluding hydrogens is 226 g/mol. The molecule has 0 aromatic heterocycles. The van der Waals surface area contributed by atoms with Crippen LogP contribution in [0.3, 0.4) is 0 Å². The Kier molecular flexibility index (Phi) is 3.63. The lowest BCUT2D eigenvalue weighted by atomic mass is 9.90. The quantitative estimate of drug-likeness (QED) is 0.709. The summed E-state index contributed by atoms with van der Waals surface area (Å²) in [6, 6.07) is 2.86. The van der Waals surface area contributed by atoms with Crippen LogP contribution in [0, 0.1) is 16.7 Å². The molecule has 0 aromatic rings. The van der Waals surface area contributed by atoms with Gasteiger partial charge in [0, 0.05) is 25.2 Å². The lowest BCUT2D eigenvalue weighted by Crippen LogP contribution is -2.61. The first-order valence-corrected chi connectivity index (χ1v) is 6.92. The maximum absolute atomic E-state index is 12.4. The average molecular weight is 249 g/mol. The molecule has 2 aliphatic rings. The Labute approximate surface area is 110 Å². The van der Waals surface area contributed by atoms with Gasteiger partial charge in [0.25, 0.3) is 0 Å². The predicted octanol–water partition coefficient (Wildman–Crippen LogP) is 1.62. The van der Waals surface area contributed by atoms with Gasteiger partial charge in [-0.15, -0.1) is 0 Å². The first kappa shape index (κ1) is 13.4. The highest BCUT2D eigenvalue weighted by atomic mass is 16.2. The van der Waals surface area contributed by atoms with E-state index in [1.54, 1.807) is 13.8 Å². The second-order valence-corrected chi connectivity index (χ2v) is 6.19. The lowest BCUT2D eigenvalue weighted by Gasteiger charge is -2.48. The Morgan fingerprint density at radius 2 is 2.06 bits per heavy atom. The van der Waals surface area contributed by atoms with Crippen molar-refractivity contribution < 1.29 is 4.79 Å². The van der Waals surface area contributed by atoms with Crippen molar-refractivity contribution in [2.24, 2.45) is 5.41 Å². The number of piperidine rings is 1. The fourth-order valence-electron chi connectivity index (χ4n) is 3.04. The average Bonchev–Trinajstić information content (AvgIpc) is 2.37. The molecule has 2 atom stereocenters. The smallest absolute Gasteiger partial charge is 0.242 e. The number of nitrogens with zero attached hydrogens (tertiary/aromatic N) is 3. The van der Waals surface area contributed by atoms with E-state index in [0.29, 0.717) is 6.04 Å². The molecule has 2 rings (SSSR count). The zero-order valence-corrected chi connectivity index (χ0v) is 11.6. The highest BCUT2D eigenvalue weighted by Gasteiger charge is 2.40. The largest absolute Gasteiger partial charge is 0.336 e. The summed E-state index contributed by atoms with van der Waals surface area (Å²) in [6.45, 7) is 8.45. The lowest BCUT2D eigenvalue weighted by molar-refractivity contribution is -0.144. The van der Waals surface area contributed by atoms with Crippen molar-refractivity contribution in [2.45, 2.75) is 52.1 Å². The summed E-state index contributed by atoms with van der Waals surface area (Å²) in [5, 5.41) is 9.11. The number of amides is 1. The van der Waals surface area contributed by atoms with E-state index in [2.05, 4.69) is 17.9 Å². The molecule has 0 aliphatic carbocycles. The minimum absolute atomic E-state index is 0.0114. The van der Waals surface area contributed by atoms with Gasteiger partial charge in [0.2, 0.25) is 5.91 Å². The molecule has 4 nitrogen and oxygen atoms in total. The molecule has 100 valence electrons. The van der Waals surface area contributed by atoms with Crippen LogP contribution in [-0.2, 0) is 4.79 Å². The molecule has 2 aliphatic heterocycles. The van der Waals surface area contributed by atoms with Crippen LogP contribution in [-0.4, -0.2) is 47.4 Å². The summed E-state index contributed by atoms with van der Waals surface area (Å²) in [5.41, 5.74) is -0.898. The van der Waals surface area contributed by atoms with Gasteiger partial charge >= 0.3 is 0 Å². The summed E-state index contributed by atoms with van der Waals surface area (Å²) < 4.78 is 0. The molecular formula is C14H23N3O. The summed E-state index contributed by atoms with van der Waals surface area (Å²) in [4.78, 5) is 16.9. The van der Waals surface area contributed by atoms with Crippen LogP contribution >= 0.6 is 0 Å². The van der Waals surface area contributed by atoms with E-state index in [9.17, 15) is 4.79 Å². The standard InChI is InChI=1S/C14H23N3O/c1-11-8-16-7-5-4-6-12(16)9-17(11)13(18)14(2,3)10-15/h11-12H,4-9H2,1-3H3. The number of piperazine rings is 1. The SMILES string of the molecule is CC1CN2CCCCC2CN1C(=O)C(C)(C)C#N. The third-order valence-corrected chi connectivity index (χ3v) is 4.26. The van der Waals surface area contributed by atoms with E-state index >= 15 is 0 Å². The van der Waals surface area contributed by atoms with Crippen LogP contribution < -0.4 is 0 Å². The highest BCUT2D eigenvalue weighted by molar-refractivity contribution is 5.85. The number of nitriles is 1. The number of rotatable bonds is 1. The third-order valence-electron chi connectivity index (χ3n) is 4.26. The minimum atomic E-state index is -0.898. The van der Waals surface area contributed by atoms with E-state index < -0.39 is 5.41 Å². The van der Waals surface area contributed by atoms with Crippen LogP contribution in [0.25, 0.3) is 0 Å². The van der Waals surface area contributed by atoms with Gasteiger partial charge in [-0.2, -0.15) is 5.26 Å². The first-order valence-electron chi connectivity index (χ1n) is 6.92. The molecule has 1 amide bonds. The predicted molar refractivity (Wildman–Crippen MR) is 69.8 cm³/mol. The van der Waals surface area contributed by atoms with Crippen molar-refractivity contribution in [3.8, 4) is 6.07 Å². The van der Waals surface area contributed by atoms with Crippen LogP contribution in [0.15, 0.2) is 0 Å². The highest BCUT2D eigenvalue weighted by Crippen LogP contribution is 2.27. The first-order chi connectivity index (χ1) is 8.45. The Balaban J connectivity index is 2.10. The fourth-order valence-corrected chi connectivity index (χ4v) is 3.04. The van der Waals surface area contributed by atoms with Crippen molar-refractivity contribution >= 4 is 5.91 Å². The maximum atomic E-state index is 12.4. The van der Waals surface area contributed by atoms with E-state index in [-0.39, 0.29) is 11.9 Å². The molecule has 0 spiro atoms. The number of carbonyl (C=O) groups is 1. The molecule has 0 bridgehead atoms. The van der Waals surface area contributed by atoms with Crippen LogP contribution in [0.2, 0.25) is 0 Å². The third kappa shape index (κ3) is 2.37. The summed E-state index contributed by atoms with van der Waals surface area (Å²) in [6.07, 6.45) is 3.73. The molecule has 0 saturated carbocycles. The molecule has 18 heavy (non-hydrogen) atoms. The molecule has 2 unspecified atom stereocenters. The molecule has 2 heterocycles. The molecule has 2 fully saturated rings. The van der Waals surface area contributed by atoms with Crippen LogP contribution in [0.1, 0.15) is 40.0 Å². The van der Waals surface area contributed by atoms with Crippen molar-refractivity contribution in [2.75, 3.05) is 19.6 Å². The molecule has 0 aromatic carbocycles. The monoisotopic (exact) mass is 249 g/mol. The topological polar surface area (TPSA) is 47.3 Å². The fraction of sp³-hybridized carbons (Fsp3) is 0.857. The zero-order chi connectivity index (χ0) is 13.3. The molecule has 0 N–H and O–H groups in total. The summed E-state index contributed by atoms with van der Waals surface area (Å²) in [5.74, 6) is -0.0114. The zero-order valence-electron chi connectivity index (χ0n) is 11.6. The van der Waals surface area contributed by atoms with Crippen molar-refractivity contribution in [3.63, 3.8) is 0 Å². The van der Waals surface area contributed by atoms with Gasteiger partial charge in [0.15, 0.2) is 0 Å². The molecule has 4 heteroatoms. The van der Waals surface area contributed by atoms with E-state index in [0.717, 1.165) is 13.1 Å². The van der Waals surface area contributed by atoms with E-state index in [4.69, 9.17) is 5.26 Å². The number of hydrogen-bond acceptors (Lipinski definition) is 3. The van der Waals surface area contributed by atoms with Crippen LogP contribution in [0.5, 0.6) is 0 Å². The van der Waals surface area contributed by atoms with Gasteiger partial charge in [-0.3, -0.25) is 9.69 Å². The van der Waals surface area contributed by atoms with Gasteiger partial charge in [-0.1, -0.05) is 6.42 Å². The Hall–Kier alpha value is -1.08. The Bertz CT molecular complexity index is 372. The number of hydrogen-bond donors (Lipinski definition) is 0. The normalized spacial score (nSPS) is 29.6. The molecule has 2 saturated heterocycles. The van der Waals surface area contributed by atoms with Crippen molar-refractivity contribution in [1.29, 1.82) is 5.26 Å². The Morgan fingerprint density at radius 3 is 2.72 bits per heavy atom. The van der Waals surface area contributed by atoms with E-state index in [1.165, 1.54) is 25.8 Å².